The van der Waals surface area contributed by atoms with Gasteiger partial charge in [-0.2, -0.15) is 0 Å². The van der Waals surface area contributed by atoms with E-state index in [1.165, 1.54) is 24.0 Å². The highest BCUT2D eigenvalue weighted by Gasteiger charge is 2.31. The Morgan fingerprint density at radius 1 is 1.10 bits per heavy atom. The summed E-state index contributed by atoms with van der Waals surface area (Å²) in [4.78, 5) is 0. The molecule has 1 fully saturated rings. The number of nitrogens with one attached hydrogen (secondary N) is 1. The summed E-state index contributed by atoms with van der Waals surface area (Å²) < 4.78 is 1.15. The second kappa shape index (κ2) is 6.51. The highest BCUT2D eigenvalue weighted by molar-refractivity contribution is 9.10. The molecule has 0 unspecified atom stereocenters. The summed E-state index contributed by atoms with van der Waals surface area (Å²) in [6.45, 7) is 2.19. The third kappa shape index (κ3) is 3.50. The van der Waals surface area contributed by atoms with E-state index in [-0.39, 0.29) is 0 Å². The lowest BCUT2D eigenvalue weighted by molar-refractivity contribution is 0.271. The van der Waals surface area contributed by atoms with Crippen molar-refractivity contribution in [2.75, 3.05) is 0 Å². The number of benzene rings is 2. The number of rotatable bonds is 4. The van der Waals surface area contributed by atoms with Crippen LogP contribution >= 0.6 is 27.5 Å². The van der Waals surface area contributed by atoms with Crippen molar-refractivity contribution in [2.24, 2.45) is 0 Å². The summed E-state index contributed by atoms with van der Waals surface area (Å²) in [5.41, 5.74) is 2.63. The first-order valence-electron chi connectivity index (χ1n) is 7.39. The van der Waals surface area contributed by atoms with Gasteiger partial charge in [0.05, 0.1) is 0 Å². The number of hydrogen-bond donors (Lipinski definition) is 1. The summed E-state index contributed by atoms with van der Waals surface area (Å²) in [6.07, 6.45) is 2.41. The van der Waals surface area contributed by atoms with E-state index in [1.54, 1.807) is 0 Å². The van der Waals surface area contributed by atoms with Gasteiger partial charge in [-0.3, -0.25) is 0 Å². The van der Waals surface area contributed by atoms with Crippen molar-refractivity contribution >= 4 is 27.5 Å². The standard InChI is InChI=1S/C18H19BrClN/c1-12(17-4-2-3-5-18(17)20)21-16-10-14(11-16)13-6-8-15(19)9-7-13/h2-9,12,14,16,21H,10-11H2,1H3/t12-,14?,16?/m1/s1. The van der Waals surface area contributed by atoms with Gasteiger partial charge in [0.1, 0.15) is 0 Å². The van der Waals surface area contributed by atoms with Crippen molar-refractivity contribution in [1.82, 2.24) is 5.32 Å². The molecular formula is C18H19BrClN. The van der Waals surface area contributed by atoms with Crippen LogP contribution in [0.5, 0.6) is 0 Å². The fraction of sp³-hybridized carbons (Fsp3) is 0.333. The van der Waals surface area contributed by atoms with Gasteiger partial charge in [-0.25, -0.2) is 0 Å². The zero-order chi connectivity index (χ0) is 14.8. The zero-order valence-corrected chi connectivity index (χ0v) is 14.4. The van der Waals surface area contributed by atoms with Gasteiger partial charge in [0.15, 0.2) is 0 Å². The molecular weight excluding hydrogens is 346 g/mol. The molecule has 0 bridgehead atoms. The van der Waals surface area contributed by atoms with Crippen LogP contribution in [-0.4, -0.2) is 6.04 Å². The van der Waals surface area contributed by atoms with Crippen LogP contribution in [-0.2, 0) is 0 Å². The maximum atomic E-state index is 6.26. The summed E-state index contributed by atoms with van der Waals surface area (Å²) in [5.74, 6) is 0.689. The van der Waals surface area contributed by atoms with E-state index < -0.39 is 0 Å². The molecule has 1 nitrogen and oxygen atoms in total. The lowest BCUT2D eigenvalue weighted by atomic mass is 9.75. The maximum absolute atomic E-state index is 6.26. The molecule has 0 heterocycles. The van der Waals surface area contributed by atoms with Crippen LogP contribution in [0, 0.1) is 0 Å². The fourth-order valence-electron chi connectivity index (χ4n) is 3.03. The predicted molar refractivity (Wildman–Crippen MR) is 92.9 cm³/mol. The van der Waals surface area contributed by atoms with E-state index >= 15 is 0 Å². The molecule has 1 N–H and O–H groups in total. The molecule has 110 valence electrons. The van der Waals surface area contributed by atoms with Crippen LogP contribution < -0.4 is 5.32 Å². The first-order valence-corrected chi connectivity index (χ1v) is 8.56. The first kappa shape index (κ1) is 15.1. The Labute approximate surface area is 139 Å². The minimum atomic E-state index is 0.301. The third-order valence-corrected chi connectivity index (χ3v) is 5.21. The second-order valence-corrected chi connectivity index (χ2v) is 7.15. The summed E-state index contributed by atoms with van der Waals surface area (Å²) >= 11 is 9.75. The molecule has 0 radical (unpaired) electrons. The number of hydrogen-bond acceptors (Lipinski definition) is 1. The zero-order valence-electron chi connectivity index (χ0n) is 12.0. The second-order valence-electron chi connectivity index (χ2n) is 5.83. The Hall–Kier alpha value is -0.830. The Kier molecular flexibility index (Phi) is 4.68. The fourth-order valence-corrected chi connectivity index (χ4v) is 3.59. The molecule has 0 aromatic heterocycles. The van der Waals surface area contributed by atoms with E-state index in [1.807, 2.05) is 18.2 Å². The molecule has 1 aliphatic carbocycles. The van der Waals surface area contributed by atoms with Crippen LogP contribution in [0.4, 0.5) is 0 Å². The smallest absolute Gasteiger partial charge is 0.0453 e. The molecule has 0 amide bonds. The summed E-state index contributed by atoms with van der Waals surface area (Å²) in [7, 11) is 0. The predicted octanol–water partition coefficient (Wildman–Crippen LogP) is 5.70. The van der Waals surface area contributed by atoms with E-state index in [2.05, 4.69) is 58.5 Å². The van der Waals surface area contributed by atoms with Gasteiger partial charge in [-0.1, -0.05) is 57.9 Å². The van der Waals surface area contributed by atoms with E-state index in [4.69, 9.17) is 11.6 Å². The average molecular weight is 365 g/mol. The summed E-state index contributed by atoms with van der Waals surface area (Å²) in [5, 5.41) is 4.54. The Balaban J connectivity index is 1.55. The monoisotopic (exact) mass is 363 g/mol. The van der Waals surface area contributed by atoms with Crippen molar-refractivity contribution < 1.29 is 0 Å². The van der Waals surface area contributed by atoms with Crippen LogP contribution in [0.15, 0.2) is 53.0 Å². The molecule has 2 aromatic rings. The first-order chi connectivity index (χ1) is 10.1. The van der Waals surface area contributed by atoms with E-state index in [9.17, 15) is 0 Å². The molecule has 3 rings (SSSR count). The Bertz CT molecular complexity index is 605. The van der Waals surface area contributed by atoms with Gasteiger partial charge >= 0.3 is 0 Å². The van der Waals surface area contributed by atoms with Crippen molar-refractivity contribution in [3.63, 3.8) is 0 Å². The van der Waals surface area contributed by atoms with Crippen molar-refractivity contribution in [3.05, 3.63) is 69.2 Å². The Morgan fingerprint density at radius 2 is 1.76 bits per heavy atom. The average Bonchev–Trinajstić information content (AvgIpc) is 2.44. The molecule has 0 spiro atoms. The van der Waals surface area contributed by atoms with E-state index in [0.29, 0.717) is 18.0 Å². The van der Waals surface area contributed by atoms with E-state index in [0.717, 1.165) is 9.50 Å². The van der Waals surface area contributed by atoms with Crippen molar-refractivity contribution in [3.8, 4) is 0 Å². The largest absolute Gasteiger partial charge is 0.307 e. The van der Waals surface area contributed by atoms with Gasteiger partial charge in [0, 0.05) is 21.6 Å². The highest BCUT2D eigenvalue weighted by Crippen LogP contribution is 2.38. The van der Waals surface area contributed by atoms with Crippen LogP contribution in [0.2, 0.25) is 5.02 Å². The quantitative estimate of drug-likeness (QED) is 0.734. The third-order valence-electron chi connectivity index (χ3n) is 4.34. The molecule has 0 saturated heterocycles. The normalized spacial score (nSPS) is 22.6. The van der Waals surface area contributed by atoms with Crippen LogP contribution in [0.1, 0.15) is 42.9 Å². The molecule has 1 aliphatic rings. The van der Waals surface area contributed by atoms with Gasteiger partial charge in [0.25, 0.3) is 0 Å². The SMILES string of the molecule is C[C@@H](NC1CC(c2ccc(Br)cc2)C1)c1ccccc1Cl. The van der Waals surface area contributed by atoms with Gasteiger partial charge in [0.2, 0.25) is 0 Å². The molecule has 1 saturated carbocycles. The number of halogens is 2. The Morgan fingerprint density at radius 3 is 2.43 bits per heavy atom. The molecule has 21 heavy (non-hydrogen) atoms. The van der Waals surface area contributed by atoms with Crippen LogP contribution in [0.3, 0.4) is 0 Å². The topological polar surface area (TPSA) is 12.0 Å². The molecule has 0 aliphatic heterocycles. The molecule has 3 heteroatoms. The van der Waals surface area contributed by atoms with Crippen molar-refractivity contribution in [2.45, 2.75) is 37.8 Å². The minimum absolute atomic E-state index is 0.301. The van der Waals surface area contributed by atoms with Crippen molar-refractivity contribution in [1.29, 1.82) is 0 Å². The van der Waals surface area contributed by atoms with Crippen LogP contribution in [0.25, 0.3) is 0 Å². The molecule has 1 atom stereocenters. The summed E-state index contributed by atoms with van der Waals surface area (Å²) in [6, 6.07) is 17.7. The lowest BCUT2D eigenvalue weighted by Crippen LogP contribution is -2.41. The lowest BCUT2D eigenvalue weighted by Gasteiger charge is -2.38. The maximum Gasteiger partial charge on any atom is 0.0453 e. The van der Waals surface area contributed by atoms with Gasteiger partial charge in [-0.15, -0.1) is 0 Å². The minimum Gasteiger partial charge on any atom is -0.307 e. The highest BCUT2D eigenvalue weighted by atomic mass is 79.9. The van der Waals surface area contributed by atoms with Gasteiger partial charge < -0.3 is 5.32 Å². The van der Waals surface area contributed by atoms with Gasteiger partial charge in [-0.05, 0) is 55.0 Å². The molecule has 2 aromatic carbocycles.